The summed E-state index contributed by atoms with van der Waals surface area (Å²) in [6.45, 7) is 8.68. The molecule has 3 heteroatoms. The average Bonchev–Trinajstić information content (AvgIpc) is 2.22. The lowest BCUT2D eigenvalue weighted by Gasteiger charge is -2.16. The van der Waals surface area contributed by atoms with Gasteiger partial charge in [-0.2, -0.15) is 0 Å². The van der Waals surface area contributed by atoms with Crippen LogP contribution in [0, 0.1) is 11.8 Å². The number of carbonyl (C=O) groups excluding carboxylic acids is 1. The van der Waals surface area contributed by atoms with Crippen LogP contribution in [0.1, 0.15) is 47.0 Å². The van der Waals surface area contributed by atoms with Crippen LogP contribution in [-0.2, 0) is 9.53 Å². The lowest BCUT2D eigenvalue weighted by molar-refractivity contribution is -0.146. The highest BCUT2D eigenvalue weighted by Gasteiger charge is 2.18. The standard InChI is InChI=1S/C12H25NO2/c1-5-10(6-2)7-8-15-12(14)11(13)9(3)4/h9-11H,5-8,13H2,1-4H3. The highest BCUT2D eigenvalue weighted by Crippen LogP contribution is 2.12. The van der Waals surface area contributed by atoms with Crippen LogP contribution in [0.3, 0.4) is 0 Å². The third kappa shape index (κ3) is 5.78. The molecule has 0 aliphatic heterocycles. The Morgan fingerprint density at radius 3 is 2.20 bits per heavy atom. The van der Waals surface area contributed by atoms with Crippen molar-refractivity contribution in [1.82, 2.24) is 0 Å². The summed E-state index contributed by atoms with van der Waals surface area (Å²) < 4.78 is 5.14. The van der Waals surface area contributed by atoms with E-state index in [4.69, 9.17) is 10.5 Å². The van der Waals surface area contributed by atoms with Crippen molar-refractivity contribution in [2.24, 2.45) is 17.6 Å². The van der Waals surface area contributed by atoms with Gasteiger partial charge in [0.1, 0.15) is 6.04 Å². The van der Waals surface area contributed by atoms with E-state index in [1.807, 2.05) is 13.8 Å². The van der Waals surface area contributed by atoms with Gasteiger partial charge < -0.3 is 10.5 Å². The molecule has 0 aromatic carbocycles. The fourth-order valence-corrected chi connectivity index (χ4v) is 1.39. The number of esters is 1. The van der Waals surface area contributed by atoms with Crippen molar-refractivity contribution >= 4 is 5.97 Å². The van der Waals surface area contributed by atoms with Crippen LogP contribution < -0.4 is 5.73 Å². The molecule has 15 heavy (non-hydrogen) atoms. The molecule has 0 saturated heterocycles. The zero-order valence-electron chi connectivity index (χ0n) is 10.5. The molecule has 0 amide bonds. The molecule has 0 aliphatic carbocycles. The number of hydrogen-bond acceptors (Lipinski definition) is 3. The predicted octanol–water partition coefficient (Wildman–Crippen LogP) is 2.34. The van der Waals surface area contributed by atoms with Gasteiger partial charge in [0.05, 0.1) is 6.61 Å². The summed E-state index contributed by atoms with van der Waals surface area (Å²) >= 11 is 0. The maximum atomic E-state index is 11.4. The number of nitrogens with two attached hydrogens (primary N) is 1. The van der Waals surface area contributed by atoms with Gasteiger partial charge in [-0.3, -0.25) is 4.79 Å². The second-order valence-electron chi connectivity index (χ2n) is 4.41. The number of ether oxygens (including phenoxy) is 1. The predicted molar refractivity (Wildman–Crippen MR) is 62.5 cm³/mol. The van der Waals surface area contributed by atoms with E-state index in [0.717, 1.165) is 19.3 Å². The van der Waals surface area contributed by atoms with Gasteiger partial charge in [-0.25, -0.2) is 0 Å². The summed E-state index contributed by atoms with van der Waals surface area (Å²) in [4.78, 5) is 11.4. The van der Waals surface area contributed by atoms with E-state index in [-0.39, 0.29) is 11.9 Å². The van der Waals surface area contributed by atoms with Gasteiger partial charge in [0.15, 0.2) is 0 Å². The molecule has 0 radical (unpaired) electrons. The summed E-state index contributed by atoms with van der Waals surface area (Å²) in [7, 11) is 0. The van der Waals surface area contributed by atoms with E-state index in [9.17, 15) is 4.79 Å². The first kappa shape index (κ1) is 14.4. The fourth-order valence-electron chi connectivity index (χ4n) is 1.39. The highest BCUT2D eigenvalue weighted by molar-refractivity contribution is 5.75. The van der Waals surface area contributed by atoms with Crippen molar-refractivity contribution < 1.29 is 9.53 Å². The maximum absolute atomic E-state index is 11.4. The molecule has 1 atom stereocenters. The van der Waals surface area contributed by atoms with E-state index in [0.29, 0.717) is 12.5 Å². The van der Waals surface area contributed by atoms with E-state index in [1.165, 1.54) is 0 Å². The summed E-state index contributed by atoms with van der Waals surface area (Å²) in [5, 5.41) is 0. The molecular weight excluding hydrogens is 190 g/mol. The number of carbonyl (C=O) groups is 1. The van der Waals surface area contributed by atoms with Crippen LogP contribution in [0.2, 0.25) is 0 Å². The monoisotopic (exact) mass is 215 g/mol. The zero-order chi connectivity index (χ0) is 11.8. The molecule has 0 heterocycles. The summed E-state index contributed by atoms with van der Waals surface area (Å²) in [6.07, 6.45) is 3.23. The van der Waals surface area contributed by atoms with Crippen LogP contribution in [0.5, 0.6) is 0 Å². The molecule has 0 aromatic rings. The Morgan fingerprint density at radius 2 is 1.80 bits per heavy atom. The summed E-state index contributed by atoms with van der Waals surface area (Å²) in [5.74, 6) is 0.537. The maximum Gasteiger partial charge on any atom is 0.323 e. The Hall–Kier alpha value is -0.570. The molecular formula is C12H25NO2. The van der Waals surface area contributed by atoms with Gasteiger partial charge in [-0.1, -0.05) is 40.5 Å². The van der Waals surface area contributed by atoms with E-state index in [1.54, 1.807) is 0 Å². The number of rotatable bonds is 7. The van der Waals surface area contributed by atoms with Gasteiger partial charge in [-0.15, -0.1) is 0 Å². The van der Waals surface area contributed by atoms with E-state index in [2.05, 4.69) is 13.8 Å². The summed E-state index contributed by atoms with van der Waals surface area (Å²) in [5.41, 5.74) is 5.67. The molecule has 1 unspecified atom stereocenters. The first-order valence-electron chi connectivity index (χ1n) is 5.95. The molecule has 0 aliphatic rings. The van der Waals surface area contributed by atoms with Crippen molar-refractivity contribution in [3.05, 3.63) is 0 Å². The Balaban J connectivity index is 3.72. The zero-order valence-corrected chi connectivity index (χ0v) is 10.5. The molecule has 0 spiro atoms. The molecule has 0 aromatic heterocycles. The van der Waals surface area contributed by atoms with Gasteiger partial charge in [0.2, 0.25) is 0 Å². The lowest BCUT2D eigenvalue weighted by atomic mass is 10.0. The molecule has 90 valence electrons. The first-order chi connectivity index (χ1) is 7.02. The number of hydrogen-bond donors (Lipinski definition) is 1. The van der Waals surface area contributed by atoms with Crippen molar-refractivity contribution in [3.63, 3.8) is 0 Å². The normalized spacial score (nSPS) is 13.3. The second kappa shape index (κ2) is 7.69. The van der Waals surface area contributed by atoms with Crippen molar-refractivity contribution in [2.45, 2.75) is 53.0 Å². The van der Waals surface area contributed by atoms with Gasteiger partial charge in [-0.05, 0) is 18.3 Å². The van der Waals surface area contributed by atoms with Gasteiger partial charge in [0.25, 0.3) is 0 Å². The fraction of sp³-hybridized carbons (Fsp3) is 0.917. The van der Waals surface area contributed by atoms with Crippen molar-refractivity contribution in [2.75, 3.05) is 6.61 Å². The molecule has 0 saturated carbocycles. The third-order valence-corrected chi connectivity index (χ3v) is 2.92. The average molecular weight is 215 g/mol. The van der Waals surface area contributed by atoms with E-state index < -0.39 is 6.04 Å². The van der Waals surface area contributed by atoms with Gasteiger partial charge >= 0.3 is 5.97 Å². The SMILES string of the molecule is CCC(CC)CCOC(=O)C(N)C(C)C. The van der Waals surface area contributed by atoms with Crippen LogP contribution in [0.25, 0.3) is 0 Å². The Bertz CT molecular complexity index is 176. The van der Waals surface area contributed by atoms with Crippen molar-refractivity contribution in [1.29, 1.82) is 0 Å². The molecule has 0 bridgehead atoms. The minimum atomic E-state index is -0.480. The minimum Gasteiger partial charge on any atom is -0.465 e. The first-order valence-corrected chi connectivity index (χ1v) is 5.95. The van der Waals surface area contributed by atoms with Crippen LogP contribution in [0.15, 0.2) is 0 Å². The highest BCUT2D eigenvalue weighted by atomic mass is 16.5. The Kier molecular flexibility index (Phi) is 7.39. The van der Waals surface area contributed by atoms with E-state index >= 15 is 0 Å². The molecule has 3 nitrogen and oxygen atoms in total. The summed E-state index contributed by atoms with van der Waals surface area (Å²) in [6, 6.07) is -0.480. The third-order valence-electron chi connectivity index (χ3n) is 2.92. The molecule has 2 N–H and O–H groups in total. The molecule has 0 fully saturated rings. The topological polar surface area (TPSA) is 52.3 Å². The molecule has 0 rings (SSSR count). The Morgan fingerprint density at radius 1 is 1.27 bits per heavy atom. The van der Waals surface area contributed by atoms with Crippen LogP contribution >= 0.6 is 0 Å². The Labute approximate surface area is 93.4 Å². The van der Waals surface area contributed by atoms with Crippen molar-refractivity contribution in [3.8, 4) is 0 Å². The van der Waals surface area contributed by atoms with Crippen LogP contribution in [0.4, 0.5) is 0 Å². The minimum absolute atomic E-state index is 0.144. The smallest absolute Gasteiger partial charge is 0.323 e. The lowest BCUT2D eigenvalue weighted by Crippen LogP contribution is -2.37. The quantitative estimate of drug-likeness (QED) is 0.663. The van der Waals surface area contributed by atoms with Gasteiger partial charge in [0, 0.05) is 0 Å². The van der Waals surface area contributed by atoms with Crippen LogP contribution in [-0.4, -0.2) is 18.6 Å². The largest absolute Gasteiger partial charge is 0.465 e. The second-order valence-corrected chi connectivity index (χ2v) is 4.41.